The number of nitrogens with one attached hydrogen (secondary N) is 1. The molecule has 27 heavy (non-hydrogen) atoms. The minimum Gasteiger partial charge on any atom is -0.493 e. The first kappa shape index (κ1) is 18.4. The maximum Gasteiger partial charge on any atom is 0.162 e. The molecule has 1 N–H and O–H groups in total. The van der Waals surface area contributed by atoms with Crippen molar-refractivity contribution in [3.05, 3.63) is 54.3 Å². The Morgan fingerprint density at radius 1 is 1.07 bits per heavy atom. The van der Waals surface area contributed by atoms with E-state index in [2.05, 4.69) is 16.4 Å². The van der Waals surface area contributed by atoms with Crippen molar-refractivity contribution >= 4 is 34.8 Å². The van der Waals surface area contributed by atoms with E-state index >= 15 is 0 Å². The SMILES string of the molecule is COc1cc2cc(C#N)c(Nc3ccc4cccoc3-4)nc2cc1OC.Cl. The number of halogens is 1. The van der Waals surface area contributed by atoms with E-state index < -0.39 is 0 Å². The van der Waals surface area contributed by atoms with Gasteiger partial charge in [0, 0.05) is 17.0 Å². The van der Waals surface area contributed by atoms with E-state index in [1.807, 2.05) is 24.3 Å². The first-order chi connectivity index (χ1) is 12.7. The van der Waals surface area contributed by atoms with Gasteiger partial charge in [-0.3, -0.25) is 0 Å². The number of hydrogen-bond acceptors (Lipinski definition) is 6. The normalized spacial score (nSPS) is 10.3. The molecular formula is C20H16ClN3O3. The second-order valence-corrected chi connectivity index (χ2v) is 5.67. The van der Waals surface area contributed by atoms with Crippen LogP contribution in [0.5, 0.6) is 11.5 Å². The lowest BCUT2D eigenvalue weighted by Crippen LogP contribution is -1.99. The van der Waals surface area contributed by atoms with Crippen LogP contribution in [0, 0.1) is 11.3 Å². The number of benzene rings is 1. The molecule has 2 aromatic rings. The summed E-state index contributed by atoms with van der Waals surface area (Å²) in [6.45, 7) is 0. The van der Waals surface area contributed by atoms with Gasteiger partial charge in [0.25, 0.3) is 0 Å². The minimum atomic E-state index is 0. The first-order valence-corrected chi connectivity index (χ1v) is 7.93. The molecule has 1 aliphatic carbocycles. The number of hydrogen-bond donors (Lipinski definition) is 1. The number of fused-ring (bicyclic) bond motifs is 2. The number of ether oxygens (including phenoxy) is 2. The van der Waals surface area contributed by atoms with Gasteiger partial charge in [0.05, 0.1) is 37.3 Å². The summed E-state index contributed by atoms with van der Waals surface area (Å²) in [6, 6.07) is 15.2. The molecule has 0 saturated heterocycles. The molecule has 2 aliphatic rings. The summed E-state index contributed by atoms with van der Waals surface area (Å²) in [7, 11) is 3.15. The van der Waals surface area contributed by atoms with Crippen LogP contribution in [0.15, 0.2) is 53.1 Å². The van der Waals surface area contributed by atoms with Crippen LogP contribution in [0.2, 0.25) is 0 Å². The zero-order valence-corrected chi connectivity index (χ0v) is 15.5. The Morgan fingerprint density at radius 3 is 2.59 bits per heavy atom. The van der Waals surface area contributed by atoms with Crippen molar-refractivity contribution in [3.63, 3.8) is 0 Å². The highest BCUT2D eigenvalue weighted by molar-refractivity contribution is 5.88. The number of nitrogens with zero attached hydrogens (tertiary/aromatic N) is 2. The van der Waals surface area contributed by atoms with Crippen LogP contribution in [0.1, 0.15) is 5.56 Å². The molecule has 0 fully saturated rings. The predicted octanol–water partition coefficient (Wildman–Crippen LogP) is 4.99. The Balaban J connectivity index is 0.00000210. The summed E-state index contributed by atoms with van der Waals surface area (Å²) < 4.78 is 16.2. The Kier molecular flexibility index (Phi) is 5.06. The molecule has 136 valence electrons. The Bertz CT molecular complexity index is 1120. The van der Waals surface area contributed by atoms with Gasteiger partial charge in [-0.2, -0.15) is 5.26 Å². The Morgan fingerprint density at radius 2 is 1.85 bits per heavy atom. The lowest BCUT2D eigenvalue weighted by Gasteiger charge is -2.12. The molecule has 0 spiro atoms. The monoisotopic (exact) mass is 381 g/mol. The van der Waals surface area contributed by atoms with E-state index in [9.17, 15) is 5.26 Å². The molecule has 0 atom stereocenters. The van der Waals surface area contributed by atoms with Crippen LogP contribution < -0.4 is 14.8 Å². The van der Waals surface area contributed by atoms with E-state index in [0.717, 1.165) is 16.6 Å². The number of methoxy groups -OCH3 is 2. The quantitative estimate of drug-likeness (QED) is 0.536. The maximum atomic E-state index is 9.54. The number of nitriles is 1. The molecule has 0 radical (unpaired) electrons. The molecule has 6 nitrogen and oxygen atoms in total. The van der Waals surface area contributed by atoms with Crippen molar-refractivity contribution < 1.29 is 13.9 Å². The fraction of sp³-hybridized carbons (Fsp3) is 0.100. The van der Waals surface area contributed by atoms with Gasteiger partial charge >= 0.3 is 0 Å². The van der Waals surface area contributed by atoms with Crippen LogP contribution in [0.25, 0.3) is 22.2 Å². The van der Waals surface area contributed by atoms with Gasteiger partial charge in [-0.15, -0.1) is 12.4 Å². The molecule has 1 aliphatic heterocycles. The van der Waals surface area contributed by atoms with E-state index in [1.165, 1.54) is 0 Å². The van der Waals surface area contributed by atoms with Gasteiger partial charge in [0.15, 0.2) is 17.3 Å². The fourth-order valence-corrected chi connectivity index (χ4v) is 2.90. The van der Waals surface area contributed by atoms with Crippen LogP contribution in [0.3, 0.4) is 0 Å². The standard InChI is InChI=1S/C20H15N3O3.ClH/c1-24-17-9-13-8-14(11-21)20(23-16(13)10-18(17)25-2)22-15-6-5-12-4-3-7-26-19(12)15;/h3-10H,1-2H3,(H,22,23);1H. The van der Waals surface area contributed by atoms with E-state index in [-0.39, 0.29) is 12.4 Å². The third kappa shape index (κ3) is 3.21. The number of rotatable bonds is 4. The Labute approximate surface area is 162 Å². The third-order valence-electron chi connectivity index (χ3n) is 4.17. The van der Waals surface area contributed by atoms with E-state index in [0.29, 0.717) is 34.2 Å². The van der Waals surface area contributed by atoms with Crippen molar-refractivity contribution in [3.8, 4) is 28.9 Å². The largest absolute Gasteiger partial charge is 0.493 e. The first-order valence-electron chi connectivity index (χ1n) is 7.93. The van der Waals surface area contributed by atoms with Crippen LogP contribution >= 0.6 is 12.4 Å². The number of aromatic nitrogens is 1. The highest BCUT2D eigenvalue weighted by Crippen LogP contribution is 2.36. The Hall–Kier alpha value is -3.43. The van der Waals surface area contributed by atoms with Crippen LogP contribution in [-0.4, -0.2) is 19.2 Å². The molecule has 0 amide bonds. The average molecular weight is 382 g/mol. The van der Waals surface area contributed by atoms with Gasteiger partial charge in [0.2, 0.25) is 0 Å². The van der Waals surface area contributed by atoms with E-state index in [4.69, 9.17) is 13.9 Å². The highest BCUT2D eigenvalue weighted by Gasteiger charge is 2.15. The smallest absolute Gasteiger partial charge is 0.162 e. The van der Waals surface area contributed by atoms with Crippen molar-refractivity contribution in [2.75, 3.05) is 19.5 Å². The molecule has 2 heterocycles. The van der Waals surface area contributed by atoms with Crippen LogP contribution in [-0.2, 0) is 0 Å². The van der Waals surface area contributed by atoms with Gasteiger partial charge in [-0.05, 0) is 36.4 Å². The van der Waals surface area contributed by atoms with Crippen molar-refractivity contribution in [2.24, 2.45) is 0 Å². The highest BCUT2D eigenvalue weighted by atomic mass is 35.5. The second kappa shape index (κ2) is 7.44. The summed E-state index contributed by atoms with van der Waals surface area (Å²) in [5.41, 5.74) is 2.84. The fourth-order valence-electron chi connectivity index (χ4n) is 2.90. The lowest BCUT2D eigenvalue weighted by molar-refractivity contribution is 0.356. The second-order valence-electron chi connectivity index (χ2n) is 5.67. The number of pyridine rings is 1. The molecule has 1 aromatic carbocycles. The topological polar surface area (TPSA) is 80.3 Å². The van der Waals surface area contributed by atoms with E-state index in [1.54, 1.807) is 38.7 Å². The predicted molar refractivity (Wildman–Crippen MR) is 105 cm³/mol. The zero-order chi connectivity index (χ0) is 18.1. The molecule has 0 bridgehead atoms. The minimum absolute atomic E-state index is 0. The molecule has 0 saturated carbocycles. The zero-order valence-electron chi connectivity index (χ0n) is 14.6. The summed E-state index contributed by atoms with van der Waals surface area (Å²) in [4.78, 5) is 4.60. The van der Waals surface area contributed by atoms with Gasteiger partial charge in [0.1, 0.15) is 11.9 Å². The van der Waals surface area contributed by atoms with Gasteiger partial charge < -0.3 is 19.2 Å². The average Bonchev–Trinajstić information content (AvgIpc) is 3.09. The van der Waals surface area contributed by atoms with Crippen molar-refractivity contribution in [1.82, 2.24) is 4.98 Å². The number of anilines is 2. The van der Waals surface area contributed by atoms with Gasteiger partial charge in [-0.25, -0.2) is 4.98 Å². The molecular weight excluding hydrogens is 366 g/mol. The summed E-state index contributed by atoms with van der Waals surface area (Å²) in [5.74, 6) is 2.34. The third-order valence-corrected chi connectivity index (χ3v) is 4.17. The lowest BCUT2D eigenvalue weighted by atomic mass is 10.1. The summed E-state index contributed by atoms with van der Waals surface area (Å²) in [6.07, 6.45) is 1.61. The van der Waals surface area contributed by atoms with Gasteiger partial charge in [-0.1, -0.05) is 0 Å². The van der Waals surface area contributed by atoms with Crippen molar-refractivity contribution in [1.29, 1.82) is 5.26 Å². The molecule has 0 unspecified atom stereocenters. The molecule has 7 heteroatoms. The summed E-state index contributed by atoms with van der Waals surface area (Å²) >= 11 is 0. The molecule has 4 rings (SSSR count). The maximum absolute atomic E-state index is 9.54. The van der Waals surface area contributed by atoms with Crippen molar-refractivity contribution in [2.45, 2.75) is 0 Å². The summed E-state index contributed by atoms with van der Waals surface area (Å²) in [5, 5.41) is 13.5. The molecule has 1 aromatic heterocycles. The van der Waals surface area contributed by atoms with Crippen LogP contribution in [0.4, 0.5) is 11.5 Å².